The van der Waals surface area contributed by atoms with Crippen LogP contribution in [-0.2, 0) is 19.1 Å². The Bertz CT molecular complexity index is 473. The van der Waals surface area contributed by atoms with Crippen LogP contribution in [-0.4, -0.2) is 25.2 Å². The van der Waals surface area contributed by atoms with Crippen molar-refractivity contribution in [2.45, 2.75) is 39.7 Å². The standard InChI is InChI=1S/C16H22O4/c1-10(2)6-5-7-13-12-9-8-11(3)16(12,14(17)19-4)15(18)20-13/h6,8-9,11-13H,5,7H2,1-4H3/t11-,12-,13+,16-/m0/s1. The van der Waals surface area contributed by atoms with Gasteiger partial charge in [0.05, 0.1) is 7.11 Å². The Morgan fingerprint density at radius 2 is 2.15 bits per heavy atom. The highest BCUT2D eigenvalue weighted by atomic mass is 16.6. The number of rotatable bonds is 4. The monoisotopic (exact) mass is 278 g/mol. The predicted octanol–water partition coefficient (Wildman–Crippen LogP) is 2.64. The Morgan fingerprint density at radius 1 is 1.45 bits per heavy atom. The molecular weight excluding hydrogens is 256 g/mol. The number of methoxy groups -OCH3 is 1. The highest BCUT2D eigenvalue weighted by Crippen LogP contribution is 2.52. The number of hydrogen-bond donors (Lipinski definition) is 0. The van der Waals surface area contributed by atoms with E-state index < -0.39 is 17.4 Å². The van der Waals surface area contributed by atoms with Crippen molar-refractivity contribution in [3.63, 3.8) is 0 Å². The topological polar surface area (TPSA) is 52.6 Å². The van der Waals surface area contributed by atoms with Crippen molar-refractivity contribution < 1.29 is 19.1 Å². The molecule has 1 aliphatic carbocycles. The lowest BCUT2D eigenvalue weighted by molar-refractivity contribution is -0.166. The quantitative estimate of drug-likeness (QED) is 0.450. The second-order valence-electron chi connectivity index (χ2n) is 5.86. The van der Waals surface area contributed by atoms with Gasteiger partial charge in [-0.05, 0) is 26.7 Å². The average molecular weight is 278 g/mol. The second kappa shape index (κ2) is 5.43. The molecule has 0 amide bonds. The van der Waals surface area contributed by atoms with E-state index in [1.807, 2.05) is 32.9 Å². The molecule has 1 aliphatic heterocycles. The number of ether oxygens (including phenoxy) is 2. The van der Waals surface area contributed by atoms with Gasteiger partial charge in [-0.2, -0.15) is 0 Å². The Morgan fingerprint density at radius 3 is 2.75 bits per heavy atom. The van der Waals surface area contributed by atoms with E-state index in [1.165, 1.54) is 12.7 Å². The summed E-state index contributed by atoms with van der Waals surface area (Å²) < 4.78 is 10.4. The van der Waals surface area contributed by atoms with Crippen molar-refractivity contribution in [3.05, 3.63) is 23.8 Å². The third kappa shape index (κ3) is 2.07. The molecule has 0 bridgehead atoms. The number of hydrogen-bond acceptors (Lipinski definition) is 4. The van der Waals surface area contributed by atoms with Crippen LogP contribution in [0.3, 0.4) is 0 Å². The summed E-state index contributed by atoms with van der Waals surface area (Å²) in [5, 5.41) is 0. The summed E-state index contributed by atoms with van der Waals surface area (Å²) in [4.78, 5) is 24.5. The van der Waals surface area contributed by atoms with E-state index in [0.29, 0.717) is 0 Å². The zero-order valence-corrected chi connectivity index (χ0v) is 12.5. The van der Waals surface area contributed by atoms with Crippen LogP contribution in [0.4, 0.5) is 0 Å². The fraction of sp³-hybridized carbons (Fsp3) is 0.625. The summed E-state index contributed by atoms with van der Waals surface area (Å²) in [6.45, 7) is 5.95. The Balaban J connectivity index is 2.22. The number of allylic oxidation sites excluding steroid dienone is 3. The van der Waals surface area contributed by atoms with Crippen LogP contribution in [0.15, 0.2) is 23.8 Å². The maximum absolute atomic E-state index is 12.3. The SMILES string of the molecule is COC(=O)[C@@]12C(=O)O[C@H](CCC=C(C)C)[C@@H]1C=C[C@@H]2C. The molecule has 2 aliphatic rings. The number of esters is 2. The lowest BCUT2D eigenvalue weighted by Crippen LogP contribution is -2.44. The van der Waals surface area contributed by atoms with Crippen LogP contribution in [0, 0.1) is 17.3 Å². The van der Waals surface area contributed by atoms with Gasteiger partial charge in [0.15, 0.2) is 5.41 Å². The van der Waals surface area contributed by atoms with E-state index in [2.05, 4.69) is 6.08 Å². The molecular formula is C16H22O4. The normalized spacial score (nSPS) is 34.6. The molecule has 1 heterocycles. The highest BCUT2D eigenvalue weighted by molar-refractivity contribution is 6.03. The van der Waals surface area contributed by atoms with E-state index >= 15 is 0 Å². The molecule has 0 saturated carbocycles. The summed E-state index contributed by atoms with van der Waals surface area (Å²) >= 11 is 0. The molecule has 1 saturated heterocycles. The lowest BCUT2D eigenvalue weighted by atomic mass is 9.71. The number of carbonyl (C=O) groups excluding carboxylic acids is 2. The summed E-state index contributed by atoms with van der Waals surface area (Å²) in [5.41, 5.74) is 0.0774. The Labute approximate surface area is 119 Å². The summed E-state index contributed by atoms with van der Waals surface area (Å²) in [6, 6.07) is 0. The lowest BCUT2D eigenvalue weighted by Gasteiger charge is -2.26. The van der Waals surface area contributed by atoms with Gasteiger partial charge in [-0.1, -0.05) is 30.7 Å². The molecule has 4 heteroatoms. The molecule has 0 N–H and O–H groups in total. The first-order valence-corrected chi connectivity index (χ1v) is 7.05. The molecule has 2 rings (SSSR count). The third-order valence-electron chi connectivity index (χ3n) is 4.37. The number of carbonyl (C=O) groups is 2. The van der Waals surface area contributed by atoms with Crippen molar-refractivity contribution in [3.8, 4) is 0 Å². The molecule has 0 unspecified atom stereocenters. The van der Waals surface area contributed by atoms with Crippen LogP contribution in [0.2, 0.25) is 0 Å². The average Bonchev–Trinajstić information content (AvgIpc) is 2.87. The van der Waals surface area contributed by atoms with Crippen molar-refractivity contribution in [2.75, 3.05) is 7.11 Å². The predicted molar refractivity (Wildman–Crippen MR) is 74.8 cm³/mol. The molecule has 0 aromatic heterocycles. The van der Waals surface area contributed by atoms with Gasteiger partial charge in [0, 0.05) is 11.8 Å². The molecule has 110 valence electrons. The smallest absolute Gasteiger partial charge is 0.325 e. The van der Waals surface area contributed by atoms with Gasteiger partial charge < -0.3 is 9.47 Å². The van der Waals surface area contributed by atoms with Crippen LogP contribution >= 0.6 is 0 Å². The molecule has 20 heavy (non-hydrogen) atoms. The zero-order valence-electron chi connectivity index (χ0n) is 12.5. The number of fused-ring (bicyclic) bond motifs is 1. The largest absolute Gasteiger partial charge is 0.468 e. The second-order valence-corrected chi connectivity index (χ2v) is 5.86. The first kappa shape index (κ1) is 14.8. The Kier molecular flexibility index (Phi) is 4.02. The van der Waals surface area contributed by atoms with Gasteiger partial charge in [-0.3, -0.25) is 9.59 Å². The van der Waals surface area contributed by atoms with Crippen LogP contribution in [0.25, 0.3) is 0 Å². The van der Waals surface area contributed by atoms with Gasteiger partial charge in [0.25, 0.3) is 0 Å². The number of cyclic esters (lactones) is 1. The first-order valence-electron chi connectivity index (χ1n) is 7.05. The maximum atomic E-state index is 12.3. The molecule has 0 aromatic carbocycles. The van der Waals surface area contributed by atoms with Gasteiger partial charge >= 0.3 is 11.9 Å². The minimum atomic E-state index is -1.16. The highest BCUT2D eigenvalue weighted by Gasteiger charge is 2.66. The van der Waals surface area contributed by atoms with Gasteiger partial charge in [-0.15, -0.1) is 0 Å². The molecule has 4 atom stereocenters. The molecule has 4 nitrogen and oxygen atoms in total. The van der Waals surface area contributed by atoms with Crippen LogP contribution in [0.1, 0.15) is 33.6 Å². The van der Waals surface area contributed by atoms with E-state index in [-0.39, 0.29) is 17.9 Å². The van der Waals surface area contributed by atoms with E-state index in [0.717, 1.165) is 12.8 Å². The summed E-state index contributed by atoms with van der Waals surface area (Å²) in [7, 11) is 1.32. The molecule has 0 aromatic rings. The Hall–Kier alpha value is -1.58. The molecule has 0 spiro atoms. The minimum absolute atomic E-state index is 0.180. The van der Waals surface area contributed by atoms with Gasteiger partial charge in [0.2, 0.25) is 0 Å². The van der Waals surface area contributed by atoms with Crippen molar-refractivity contribution >= 4 is 11.9 Å². The van der Waals surface area contributed by atoms with Crippen molar-refractivity contribution in [2.24, 2.45) is 17.3 Å². The first-order chi connectivity index (χ1) is 9.44. The van der Waals surface area contributed by atoms with Crippen molar-refractivity contribution in [1.29, 1.82) is 0 Å². The molecule has 0 radical (unpaired) electrons. The van der Waals surface area contributed by atoms with Crippen LogP contribution in [0.5, 0.6) is 0 Å². The third-order valence-corrected chi connectivity index (χ3v) is 4.37. The summed E-state index contributed by atoms with van der Waals surface area (Å²) in [5.74, 6) is -1.30. The fourth-order valence-electron chi connectivity index (χ4n) is 3.29. The van der Waals surface area contributed by atoms with Crippen molar-refractivity contribution in [1.82, 2.24) is 0 Å². The summed E-state index contributed by atoms with van der Waals surface area (Å²) in [6.07, 6.45) is 7.33. The van der Waals surface area contributed by atoms with Gasteiger partial charge in [0.1, 0.15) is 6.10 Å². The zero-order chi connectivity index (χ0) is 14.9. The fourth-order valence-corrected chi connectivity index (χ4v) is 3.29. The van der Waals surface area contributed by atoms with E-state index in [4.69, 9.17) is 9.47 Å². The van der Waals surface area contributed by atoms with E-state index in [1.54, 1.807) is 0 Å². The van der Waals surface area contributed by atoms with Gasteiger partial charge in [-0.25, -0.2) is 0 Å². The van der Waals surface area contributed by atoms with Crippen LogP contribution < -0.4 is 0 Å². The maximum Gasteiger partial charge on any atom is 0.325 e. The minimum Gasteiger partial charge on any atom is -0.468 e. The molecule has 1 fully saturated rings. The van der Waals surface area contributed by atoms with E-state index in [9.17, 15) is 9.59 Å².